The van der Waals surface area contributed by atoms with Crippen LogP contribution >= 0.6 is 0 Å². The molecule has 0 saturated carbocycles. The number of hydrogen-bond acceptors (Lipinski definition) is 2. The zero-order valence-electron chi connectivity index (χ0n) is 8.76. The zero-order chi connectivity index (χ0) is 9.84. The van der Waals surface area contributed by atoms with Gasteiger partial charge >= 0.3 is 0 Å². The van der Waals surface area contributed by atoms with E-state index < -0.39 is 0 Å². The van der Waals surface area contributed by atoms with Gasteiger partial charge in [0.25, 0.3) is 0 Å². The molecule has 0 saturated heterocycles. The number of rotatable bonds is 3. The minimum Gasteiger partial charge on any atom is -0.316 e. The smallest absolute Gasteiger partial charge is 0.0564 e. The highest BCUT2D eigenvalue weighted by Crippen LogP contribution is 2.10. The third-order valence-electron chi connectivity index (χ3n) is 2.13. The lowest BCUT2D eigenvalue weighted by atomic mass is 10.2. The van der Waals surface area contributed by atoms with Gasteiger partial charge in [0.2, 0.25) is 0 Å². The van der Waals surface area contributed by atoms with Crippen LogP contribution in [0.5, 0.6) is 0 Å². The van der Waals surface area contributed by atoms with E-state index in [1.807, 2.05) is 25.0 Å². The first-order valence-corrected chi connectivity index (χ1v) is 4.45. The Bertz CT molecular complexity index is 310. The summed E-state index contributed by atoms with van der Waals surface area (Å²) >= 11 is 0. The van der Waals surface area contributed by atoms with Crippen LogP contribution in [0.15, 0.2) is 11.8 Å². The average Bonchev–Trinajstić information content (AvgIpc) is 2.37. The number of hydrogen-bond donors (Lipinski definition) is 1. The Morgan fingerprint density at radius 1 is 1.69 bits per heavy atom. The third kappa shape index (κ3) is 2.42. The Kier molecular flexibility index (Phi) is 3.25. The summed E-state index contributed by atoms with van der Waals surface area (Å²) in [7, 11) is 3.91. The standard InChI is InChI=1S/C10H17N3/c1-8(6-11-3)5-10-7-12-13(4)9(10)2/h5,7,11H,6H2,1-4H3/b8-5+. The van der Waals surface area contributed by atoms with E-state index >= 15 is 0 Å². The lowest BCUT2D eigenvalue weighted by Gasteiger charge is -1.99. The highest BCUT2D eigenvalue weighted by Gasteiger charge is 1.99. The van der Waals surface area contributed by atoms with Crippen molar-refractivity contribution >= 4 is 6.08 Å². The highest BCUT2D eigenvalue weighted by atomic mass is 15.3. The molecule has 0 amide bonds. The SMILES string of the molecule is CNC/C(C)=C/c1cnn(C)c1C. The molecule has 1 heterocycles. The van der Waals surface area contributed by atoms with Gasteiger partial charge < -0.3 is 5.32 Å². The normalized spacial score (nSPS) is 12.2. The first-order chi connectivity index (χ1) is 6.15. The van der Waals surface area contributed by atoms with Crippen molar-refractivity contribution < 1.29 is 0 Å². The van der Waals surface area contributed by atoms with Crippen molar-refractivity contribution in [2.45, 2.75) is 13.8 Å². The molecule has 72 valence electrons. The van der Waals surface area contributed by atoms with Gasteiger partial charge in [-0.2, -0.15) is 5.10 Å². The molecule has 0 spiro atoms. The van der Waals surface area contributed by atoms with E-state index in [0.717, 1.165) is 6.54 Å². The summed E-state index contributed by atoms with van der Waals surface area (Å²) in [4.78, 5) is 0. The van der Waals surface area contributed by atoms with Gasteiger partial charge in [0, 0.05) is 24.8 Å². The molecule has 13 heavy (non-hydrogen) atoms. The maximum atomic E-state index is 4.18. The van der Waals surface area contributed by atoms with Crippen molar-refractivity contribution in [3.8, 4) is 0 Å². The molecule has 1 N–H and O–H groups in total. The van der Waals surface area contributed by atoms with Gasteiger partial charge in [0.1, 0.15) is 0 Å². The summed E-state index contributed by atoms with van der Waals surface area (Å²) < 4.78 is 1.89. The fourth-order valence-corrected chi connectivity index (χ4v) is 1.25. The second-order valence-electron chi connectivity index (χ2n) is 3.33. The number of nitrogens with zero attached hydrogens (tertiary/aromatic N) is 2. The Balaban J connectivity index is 2.84. The molecule has 3 heteroatoms. The van der Waals surface area contributed by atoms with E-state index in [9.17, 15) is 0 Å². The van der Waals surface area contributed by atoms with E-state index in [2.05, 4.69) is 30.3 Å². The molecule has 3 nitrogen and oxygen atoms in total. The predicted octanol–water partition coefficient (Wildman–Crippen LogP) is 1.35. The molecule has 0 fully saturated rings. The molecular formula is C10H17N3. The van der Waals surface area contributed by atoms with Crippen molar-refractivity contribution in [1.82, 2.24) is 15.1 Å². The van der Waals surface area contributed by atoms with Gasteiger partial charge in [-0.3, -0.25) is 4.68 Å². The Hall–Kier alpha value is -1.09. The summed E-state index contributed by atoms with van der Waals surface area (Å²) in [5, 5.41) is 7.30. The summed E-state index contributed by atoms with van der Waals surface area (Å²) in [6.45, 7) is 5.11. The Morgan fingerprint density at radius 2 is 2.38 bits per heavy atom. The minimum absolute atomic E-state index is 0.925. The number of aryl methyl sites for hydroxylation is 1. The summed E-state index contributed by atoms with van der Waals surface area (Å²) in [5.74, 6) is 0. The predicted molar refractivity (Wildman–Crippen MR) is 55.5 cm³/mol. The maximum absolute atomic E-state index is 4.18. The van der Waals surface area contributed by atoms with Crippen molar-refractivity contribution in [3.05, 3.63) is 23.0 Å². The fraction of sp³-hybridized carbons (Fsp3) is 0.500. The fourth-order valence-electron chi connectivity index (χ4n) is 1.25. The number of nitrogens with one attached hydrogen (secondary N) is 1. The highest BCUT2D eigenvalue weighted by molar-refractivity contribution is 5.54. The van der Waals surface area contributed by atoms with Crippen LogP contribution in [0.2, 0.25) is 0 Å². The van der Waals surface area contributed by atoms with Crippen molar-refractivity contribution in [3.63, 3.8) is 0 Å². The topological polar surface area (TPSA) is 29.9 Å². The second kappa shape index (κ2) is 4.23. The van der Waals surface area contributed by atoms with Crippen LogP contribution in [-0.2, 0) is 7.05 Å². The van der Waals surface area contributed by atoms with Crippen LogP contribution in [0.4, 0.5) is 0 Å². The van der Waals surface area contributed by atoms with Gasteiger partial charge in [0.05, 0.1) is 6.20 Å². The van der Waals surface area contributed by atoms with Gasteiger partial charge in [-0.1, -0.05) is 11.6 Å². The number of aromatic nitrogens is 2. The molecule has 0 aliphatic heterocycles. The summed E-state index contributed by atoms with van der Waals surface area (Å²) in [6.07, 6.45) is 4.06. The largest absolute Gasteiger partial charge is 0.316 e. The van der Waals surface area contributed by atoms with Gasteiger partial charge in [-0.25, -0.2) is 0 Å². The van der Waals surface area contributed by atoms with Crippen molar-refractivity contribution in [2.75, 3.05) is 13.6 Å². The van der Waals surface area contributed by atoms with E-state index in [1.54, 1.807) is 0 Å². The average molecular weight is 179 g/mol. The molecular weight excluding hydrogens is 162 g/mol. The Labute approximate surface area is 79.5 Å². The van der Waals surface area contributed by atoms with Crippen LogP contribution in [0.25, 0.3) is 6.08 Å². The molecule has 0 radical (unpaired) electrons. The maximum Gasteiger partial charge on any atom is 0.0564 e. The zero-order valence-corrected chi connectivity index (χ0v) is 8.76. The van der Waals surface area contributed by atoms with Crippen LogP contribution < -0.4 is 5.32 Å². The van der Waals surface area contributed by atoms with E-state index in [4.69, 9.17) is 0 Å². The van der Waals surface area contributed by atoms with Crippen LogP contribution in [0.3, 0.4) is 0 Å². The molecule has 0 bridgehead atoms. The molecule has 0 aliphatic rings. The van der Waals surface area contributed by atoms with E-state index in [-0.39, 0.29) is 0 Å². The van der Waals surface area contributed by atoms with Gasteiger partial charge in [0.15, 0.2) is 0 Å². The van der Waals surface area contributed by atoms with Crippen LogP contribution in [0.1, 0.15) is 18.2 Å². The summed E-state index contributed by atoms with van der Waals surface area (Å²) in [6, 6.07) is 0. The van der Waals surface area contributed by atoms with Crippen molar-refractivity contribution in [1.29, 1.82) is 0 Å². The van der Waals surface area contributed by atoms with Crippen LogP contribution in [-0.4, -0.2) is 23.4 Å². The molecule has 0 aromatic carbocycles. The summed E-state index contributed by atoms with van der Waals surface area (Å²) in [5.41, 5.74) is 3.73. The molecule has 1 aromatic rings. The second-order valence-corrected chi connectivity index (χ2v) is 3.33. The van der Waals surface area contributed by atoms with E-state index in [0.29, 0.717) is 0 Å². The van der Waals surface area contributed by atoms with Gasteiger partial charge in [-0.05, 0) is 20.9 Å². The number of likely N-dealkylation sites (N-methyl/N-ethyl adjacent to an activating group) is 1. The molecule has 0 atom stereocenters. The molecule has 0 aliphatic carbocycles. The Morgan fingerprint density at radius 3 is 2.85 bits per heavy atom. The monoisotopic (exact) mass is 179 g/mol. The quantitative estimate of drug-likeness (QED) is 0.759. The van der Waals surface area contributed by atoms with Crippen LogP contribution in [0, 0.1) is 6.92 Å². The lowest BCUT2D eigenvalue weighted by Crippen LogP contribution is -2.08. The van der Waals surface area contributed by atoms with Gasteiger partial charge in [-0.15, -0.1) is 0 Å². The third-order valence-corrected chi connectivity index (χ3v) is 2.13. The minimum atomic E-state index is 0.925. The molecule has 0 unspecified atom stereocenters. The molecule has 1 rings (SSSR count). The molecule has 1 aromatic heterocycles. The first kappa shape index (κ1) is 9.99. The lowest BCUT2D eigenvalue weighted by molar-refractivity contribution is 0.740. The van der Waals surface area contributed by atoms with Crippen molar-refractivity contribution in [2.24, 2.45) is 7.05 Å². The van der Waals surface area contributed by atoms with E-state index in [1.165, 1.54) is 16.8 Å². The first-order valence-electron chi connectivity index (χ1n) is 4.45.